The standard InChI is InChI=1S/C11H13NO4/c1-6-4-5-7(12(2)3)9(11(15)16)8(6)10(13)14/h4-5H,1-3H3,(H,13,14)(H,15,16). The van der Waals surface area contributed by atoms with Crippen molar-refractivity contribution < 1.29 is 19.8 Å². The zero-order valence-electron chi connectivity index (χ0n) is 9.31. The van der Waals surface area contributed by atoms with Crippen LogP contribution in [0.2, 0.25) is 0 Å². The number of benzene rings is 1. The Morgan fingerprint density at radius 2 is 1.56 bits per heavy atom. The SMILES string of the molecule is Cc1ccc(N(C)C)c(C(=O)O)c1C(=O)O. The van der Waals surface area contributed by atoms with Gasteiger partial charge in [-0.1, -0.05) is 6.07 Å². The van der Waals surface area contributed by atoms with Crippen molar-refractivity contribution in [1.82, 2.24) is 0 Å². The summed E-state index contributed by atoms with van der Waals surface area (Å²) in [6.07, 6.45) is 0. The van der Waals surface area contributed by atoms with Gasteiger partial charge in [0.25, 0.3) is 0 Å². The molecule has 5 nitrogen and oxygen atoms in total. The zero-order valence-corrected chi connectivity index (χ0v) is 9.31. The molecule has 0 saturated carbocycles. The maximum absolute atomic E-state index is 11.1. The highest BCUT2D eigenvalue weighted by atomic mass is 16.4. The molecule has 2 N–H and O–H groups in total. The Labute approximate surface area is 92.9 Å². The monoisotopic (exact) mass is 223 g/mol. The Kier molecular flexibility index (Phi) is 3.17. The van der Waals surface area contributed by atoms with E-state index in [1.807, 2.05) is 0 Å². The second-order valence-electron chi connectivity index (χ2n) is 3.66. The maximum atomic E-state index is 11.1. The van der Waals surface area contributed by atoms with Crippen LogP contribution < -0.4 is 4.90 Å². The van der Waals surface area contributed by atoms with Crippen LogP contribution in [0.3, 0.4) is 0 Å². The molecule has 0 aliphatic carbocycles. The Balaban J connectivity index is 3.63. The molecule has 0 bridgehead atoms. The van der Waals surface area contributed by atoms with E-state index in [1.54, 1.807) is 38.1 Å². The van der Waals surface area contributed by atoms with Gasteiger partial charge in [-0.2, -0.15) is 0 Å². The molecule has 1 aromatic carbocycles. The molecule has 0 heterocycles. The van der Waals surface area contributed by atoms with Crippen LogP contribution in [0, 0.1) is 6.92 Å². The van der Waals surface area contributed by atoms with Gasteiger partial charge in [-0.05, 0) is 18.6 Å². The Morgan fingerprint density at radius 1 is 1.06 bits per heavy atom. The van der Waals surface area contributed by atoms with E-state index >= 15 is 0 Å². The summed E-state index contributed by atoms with van der Waals surface area (Å²) in [6, 6.07) is 3.20. The molecule has 0 aliphatic heterocycles. The van der Waals surface area contributed by atoms with Crippen LogP contribution >= 0.6 is 0 Å². The minimum absolute atomic E-state index is 0.154. The Hall–Kier alpha value is -2.04. The van der Waals surface area contributed by atoms with Crippen LogP contribution in [0.25, 0.3) is 0 Å². The van der Waals surface area contributed by atoms with Gasteiger partial charge in [0.05, 0.1) is 16.8 Å². The summed E-state index contributed by atoms with van der Waals surface area (Å²) in [5.74, 6) is -2.46. The van der Waals surface area contributed by atoms with E-state index in [-0.39, 0.29) is 11.1 Å². The molecule has 0 spiro atoms. The number of carboxylic acids is 2. The van der Waals surface area contributed by atoms with Gasteiger partial charge in [0.15, 0.2) is 0 Å². The second kappa shape index (κ2) is 4.22. The molecule has 1 aromatic rings. The van der Waals surface area contributed by atoms with Crippen molar-refractivity contribution in [1.29, 1.82) is 0 Å². The van der Waals surface area contributed by atoms with Crippen molar-refractivity contribution >= 4 is 17.6 Å². The van der Waals surface area contributed by atoms with E-state index < -0.39 is 11.9 Å². The third-order valence-corrected chi connectivity index (χ3v) is 2.30. The average Bonchev–Trinajstić information content (AvgIpc) is 2.15. The fourth-order valence-corrected chi connectivity index (χ4v) is 1.56. The lowest BCUT2D eigenvalue weighted by Gasteiger charge is -2.18. The summed E-state index contributed by atoms with van der Waals surface area (Å²) in [5.41, 5.74) is 0.502. The quantitative estimate of drug-likeness (QED) is 0.811. The van der Waals surface area contributed by atoms with E-state index in [4.69, 9.17) is 10.2 Å². The second-order valence-corrected chi connectivity index (χ2v) is 3.66. The zero-order chi connectivity index (χ0) is 12.5. The third-order valence-electron chi connectivity index (χ3n) is 2.30. The molecular formula is C11H13NO4. The van der Waals surface area contributed by atoms with E-state index in [0.29, 0.717) is 11.3 Å². The van der Waals surface area contributed by atoms with Gasteiger partial charge >= 0.3 is 11.9 Å². The van der Waals surface area contributed by atoms with Gasteiger partial charge in [0.2, 0.25) is 0 Å². The van der Waals surface area contributed by atoms with Crippen LogP contribution in [0.4, 0.5) is 5.69 Å². The van der Waals surface area contributed by atoms with E-state index in [0.717, 1.165) is 0 Å². The average molecular weight is 223 g/mol. The molecule has 0 aromatic heterocycles. The summed E-state index contributed by atoms with van der Waals surface area (Å²) < 4.78 is 0. The molecule has 0 fully saturated rings. The number of aryl methyl sites for hydroxylation is 1. The van der Waals surface area contributed by atoms with Crippen molar-refractivity contribution in [3.8, 4) is 0 Å². The van der Waals surface area contributed by atoms with Gasteiger partial charge in [-0.15, -0.1) is 0 Å². The number of carboxylic acid groups (broad SMARTS) is 2. The normalized spacial score (nSPS) is 9.94. The van der Waals surface area contributed by atoms with Gasteiger partial charge in [0.1, 0.15) is 0 Å². The lowest BCUT2D eigenvalue weighted by atomic mass is 9.99. The minimum atomic E-state index is -1.23. The predicted octanol–water partition coefficient (Wildman–Crippen LogP) is 1.46. The first-order valence-corrected chi connectivity index (χ1v) is 4.63. The number of anilines is 1. The number of carbonyl (C=O) groups is 2. The highest BCUT2D eigenvalue weighted by Gasteiger charge is 2.23. The van der Waals surface area contributed by atoms with Gasteiger partial charge < -0.3 is 15.1 Å². The summed E-state index contributed by atoms with van der Waals surface area (Å²) >= 11 is 0. The number of hydrogen-bond acceptors (Lipinski definition) is 3. The van der Waals surface area contributed by atoms with Crippen LogP contribution in [0.5, 0.6) is 0 Å². The molecule has 0 radical (unpaired) electrons. The highest BCUT2D eigenvalue weighted by Crippen LogP contribution is 2.25. The van der Waals surface area contributed by atoms with Crippen LogP contribution in [0.15, 0.2) is 12.1 Å². The summed E-state index contributed by atoms with van der Waals surface area (Å²) in [7, 11) is 3.34. The third kappa shape index (κ3) is 1.98. The molecule has 86 valence electrons. The number of hydrogen-bond donors (Lipinski definition) is 2. The Morgan fingerprint density at radius 3 is 1.94 bits per heavy atom. The number of aromatic carboxylic acids is 2. The first-order chi connectivity index (χ1) is 7.36. The fraction of sp³-hybridized carbons (Fsp3) is 0.273. The highest BCUT2D eigenvalue weighted by molar-refractivity contribution is 6.06. The van der Waals surface area contributed by atoms with Gasteiger partial charge in [-0.3, -0.25) is 0 Å². The largest absolute Gasteiger partial charge is 0.478 e. The molecule has 1 rings (SSSR count). The molecule has 0 unspecified atom stereocenters. The van der Waals surface area contributed by atoms with E-state index in [1.165, 1.54) is 0 Å². The first-order valence-electron chi connectivity index (χ1n) is 4.63. The molecule has 0 atom stereocenters. The van der Waals surface area contributed by atoms with Crippen LogP contribution in [-0.2, 0) is 0 Å². The van der Waals surface area contributed by atoms with Gasteiger partial charge in [0, 0.05) is 14.1 Å². The summed E-state index contributed by atoms with van der Waals surface area (Å²) in [5, 5.41) is 18.1. The first kappa shape index (κ1) is 12.0. The molecule has 0 saturated heterocycles. The Bertz CT molecular complexity index is 452. The van der Waals surface area contributed by atoms with E-state index in [2.05, 4.69) is 0 Å². The lowest BCUT2D eigenvalue weighted by molar-refractivity contribution is 0.0651. The molecular weight excluding hydrogens is 210 g/mol. The van der Waals surface area contributed by atoms with Crippen molar-refractivity contribution in [2.45, 2.75) is 6.92 Å². The van der Waals surface area contributed by atoms with Gasteiger partial charge in [-0.25, -0.2) is 9.59 Å². The summed E-state index contributed by atoms with van der Waals surface area (Å²) in [6.45, 7) is 1.58. The van der Waals surface area contributed by atoms with Crippen molar-refractivity contribution in [2.24, 2.45) is 0 Å². The van der Waals surface area contributed by atoms with Crippen LogP contribution in [0.1, 0.15) is 26.3 Å². The fourth-order valence-electron chi connectivity index (χ4n) is 1.56. The smallest absolute Gasteiger partial charge is 0.338 e. The predicted molar refractivity (Wildman–Crippen MR) is 59.4 cm³/mol. The molecule has 16 heavy (non-hydrogen) atoms. The lowest BCUT2D eigenvalue weighted by Crippen LogP contribution is -2.18. The number of nitrogens with zero attached hydrogens (tertiary/aromatic N) is 1. The van der Waals surface area contributed by atoms with Crippen molar-refractivity contribution in [3.05, 3.63) is 28.8 Å². The topological polar surface area (TPSA) is 77.8 Å². The molecule has 0 aliphatic rings. The van der Waals surface area contributed by atoms with Crippen LogP contribution in [-0.4, -0.2) is 36.2 Å². The number of rotatable bonds is 3. The van der Waals surface area contributed by atoms with Crippen molar-refractivity contribution in [3.63, 3.8) is 0 Å². The molecule has 5 heteroatoms. The molecule has 0 amide bonds. The van der Waals surface area contributed by atoms with Crippen molar-refractivity contribution in [2.75, 3.05) is 19.0 Å². The van der Waals surface area contributed by atoms with E-state index in [9.17, 15) is 9.59 Å². The summed E-state index contributed by atoms with van der Waals surface area (Å²) in [4.78, 5) is 23.7. The maximum Gasteiger partial charge on any atom is 0.338 e. The minimum Gasteiger partial charge on any atom is -0.478 e.